The first-order valence-corrected chi connectivity index (χ1v) is 20.0. The van der Waals surface area contributed by atoms with Crippen molar-refractivity contribution in [3.05, 3.63) is 151 Å². The molecule has 0 saturated heterocycles. The molecular weight excluding hydrogens is 892 g/mol. The van der Waals surface area contributed by atoms with Gasteiger partial charge in [-0.05, 0) is 86.2 Å². The van der Waals surface area contributed by atoms with Crippen LogP contribution < -0.4 is 15.0 Å². The maximum absolute atomic E-state index is 6.75. The Balaban J connectivity index is 0.00000567. The van der Waals surface area contributed by atoms with Crippen molar-refractivity contribution < 1.29 is 25.8 Å². The van der Waals surface area contributed by atoms with Crippen LogP contribution >= 0.6 is 0 Å². The summed E-state index contributed by atoms with van der Waals surface area (Å²) in [5.41, 5.74) is 10.4. The predicted molar refractivity (Wildman–Crippen MR) is 241 cm³/mol. The normalized spacial score (nSPS) is 12.4. The Bertz CT molecular complexity index is 2590. The smallest absolute Gasteiger partial charge is 0.135 e. The van der Waals surface area contributed by atoms with Crippen molar-refractivity contribution >= 4 is 44.6 Å². The van der Waals surface area contributed by atoms with Crippen molar-refractivity contribution in [1.29, 1.82) is 0 Å². The zero-order valence-corrected chi connectivity index (χ0v) is 38.4. The minimum Gasteiger partial charge on any atom is -0.516 e. The molecule has 0 aliphatic heterocycles. The fourth-order valence-electron chi connectivity index (χ4n) is 7.14. The summed E-state index contributed by atoms with van der Waals surface area (Å²) in [4.78, 5) is 6.86. The molecular formula is C52H57N4OPt-3. The maximum atomic E-state index is 6.75. The number of ether oxygens (including phenoxy) is 1. The van der Waals surface area contributed by atoms with E-state index in [2.05, 4.69) is 197 Å². The number of rotatable bonds is 7. The fourth-order valence-corrected chi connectivity index (χ4v) is 7.14. The topological polar surface area (TPSA) is 42.3 Å². The van der Waals surface area contributed by atoms with Crippen molar-refractivity contribution in [2.75, 3.05) is 10.2 Å². The predicted octanol–water partition coefficient (Wildman–Crippen LogP) is 14.4. The second kappa shape index (κ2) is 15.7. The number of aromatic nitrogens is 2. The molecule has 7 aromatic rings. The number of hydrogen-bond acceptors (Lipinski definition) is 4. The molecule has 7 rings (SSSR count). The summed E-state index contributed by atoms with van der Waals surface area (Å²) < 4.78 is 8.99. The Kier molecular flexibility index (Phi) is 11.6. The van der Waals surface area contributed by atoms with Crippen LogP contribution in [0.2, 0.25) is 0 Å². The van der Waals surface area contributed by atoms with Crippen LogP contribution in [0, 0.1) is 19.2 Å². The van der Waals surface area contributed by atoms with Gasteiger partial charge in [-0.25, -0.2) is 4.98 Å². The Labute approximate surface area is 361 Å². The van der Waals surface area contributed by atoms with Gasteiger partial charge in [-0.1, -0.05) is 125 Å². The molecule has 1 N–H and O–H groups in total. The molecule has 58 heavy (non-hydrogen) atoms. The molecule has 6 heteroatoms. The molecule has 0 spiro atoms. The van der Waals surface area contributed by atoms with Crippen LogP contribution in [-0.4, -0.2) is 9.55 Å². The third-order valence-corrected chi connectivity index (χ3v) is 10.8. The quantitative estimate of drug-likeness (QED) is 0.162. The first-order valence-electron chi connectivity index (χ1n) is 20.0. The molecule has 0 saturated carbocycles. The third-order valence-electron chi connectivity index (χ3n) is 10.8. The third kappa shape index (κ3) is 8.91. The molecule has 0 aliphatic rings. The number of benzene rings is 5. The van der Waals surface area contributed by atoms with E-state index in [9.17, 15) is 0 Å². The molecule has 0 fully saturated rings. The van der Waals surface area contributed by atoms with E-state index in [1.54, 1.807) is 0 Å². The van der Waals surface area contributed by atoms with Crippen LogP contribution in [0.25, 0.3) is 27.6 Å². The van der Waals surface area contributed by atoms with Crippen molar-refractivity contribution in [2.45, 2.75) is 105 Å². The second-order valence-electron chi connectivity index (χ2n) is 19.4. The van der Waals surface area contributed by atoms with Crippen LogP contribution in [0.5, 0.6) is 11.5 Å². The largest absolute Gasteiger partial charge is 0.516 e. The fraction of sp³-hybridized carbons (Fsp3) is 0.308. The minimum absolute atomic E-state index is 0. The number of hydrogen-bond donors (Lipinski definition) is 1. The zero-order valence-electron chi connectivity index (χ0n) is 36.2. The Morgan fingerprint density at radius 2 is 1.24 bits per heavy atom. The molecule has 304 valence electrons. The van der Waals surface area contributed by atoms with Crippen LogP contribution in [0.1, 0.15) is 105 Å². The van der Waals surface area contributed by atoms with E-state index in [1.807, 2.05) is 29.3 Å². The second-order valence-corrected chi connectivity index (χ2v) is 19.4. The Hall–Kier alpha value is -4.86. The van der Waals surface area contributed by atoms with Crippen LogP contribution in [0.3, 0.4) is 0 Å². The van der Waals surface area contributed by atoms with Crippen LogP contribution in [0.15, 0.2) is 109 Å². The van der Waals surface area contributed by atoms with Gasteiger partial charge in [0.05, 0.1) is 5.69 Å². The number of fused-ring (bicyclic) bond motifs is 3. The van der Waals surface area contributed by atoms with E-state index in [1.165, 1.54) is 16.7 Å². The summed E-state index contributed by atoms with van der Waals surface area (Å²) in [5.74, 6) is 2.05. The summed E-state index contributed by atoms with van der Waals surface area (Å²) in [6.07, 6.45) is 1.91. The molecule has 0 bridgehead atoms. The van der Waals surface area contributed by atoms with Crippen molar-refractivity contribution in [3.63, 3.8) is 0 Å². The van der Waals surface area contributed by atoms with E-state index in [0.717, 1.165) is 55.9 Å². The van der Waals surface area contributed by atoms with Gasteiger partial charge in [0, 0.05) is 55.7 Å². The van der Waals surface area contributed by atoms with Gasteiger partial charge in [0.2, 0.25) is 0 Å². The van der Waals surface area contributed by atoms with Gasteiger partial charge in [0.25, 0.3) is 0 Å². The molecule has 2 aromatic heterocycles. The Morgan fingerprint density at radius 1 is 0.603 bits per heavy atom. The van der Waals surface area contributed by atoms with Gasteiger partial charge >= 0.3 is 0 Å². The van der Waals surface area contributed by atoms with Crippen molar-refractivity contribution in [3.8, 4) is 17.3 Å². The standard InChI is InChI=1S/C52H57N4O.Pt/c1-49(2,3)34-17-16-18-38(27-34)54-44-19-14-15-20-45(44)55(13)39-28-37(52(10,11)12)29-41(32-39)57-40-22-24-43-42-23-21-35(50(4,5)6)30-46(42)56(47(43)33-40)48-31-36(25-26-53-48)51(7,8)9;/h14-31,54H,13H2,1-12H3;/q-3;. The summed E-state index contributed by atoms with van der Waals surface area (Å²) in [5, 5.41) is 5.91. The van der Waals surface area contributed by atoms with Gasteiger partial charge < -0.3 is 19.5 Å². The molecule has 2 heterocycles. The average Bonchev–Trinajstić information content (AvgIpc) is 3.46. The van der Waals surface area contributed by atoms with Gasteiger partial charge in [-0.2, -0.15) is 6.07 Å². The van der Waals surface area contributed by atoms with Crippen molar-refractivity contribution in [2.24, 2.45) is 0 Å². The summed E-state index contributed by atoms with van der Waals surface area (Å²) in [6.45, 7) is 26.8. The monoisotopic (exact) mass is 948 g/mol. The average molecular weight is 949 g/mol. The first kappa shape index (κ1) is 42.7. The zero-order chi connectivity index (χ0) is 41.1. The van der Waals surface area contributed by atoms with Crippen LogP contribution in [0.4, 0.5) is 22.7 Å². The summed E-state index contributed by atoms with van der Waals surface area (Å²) >= 11 is 0. The van der Waals surface area contributed by atoms with E-state index in [4.69, 9.17) is 9.72 Å². The molecule has 0 aliphatic carbocycles. The van der Waals surface area contributed by atoms with Gasteiger partial charge in [0.15, 0.2) is 0 Å². The Morgan fingerprint density at radius 3 is 1.93 bits per heavy atom. The molecule has 0 atom stereocenters. The van der Waals surface area contributed by atoms with E-state index in [0.29, 0.717) is 11.5 Å². The van der Waals surface area contributed by atoms with E-state index >= 15 is 0 Å². The number of nitrogens with zero attached hydrogens (tertiary/aromatic N) is 3. The summed E-state index contributed by atoms with van der Waals surface area (Å²) in [7, 11) is 4.56. The minimum atomic E-state index is -0.164. The SMILES string of the molecule is [CH2-]N(c1[c-]c(Oc2[c-]c3c(cc2)c2ccc(C(C)(C)C)cc2n3-c2cc(C(C)(C)C)ccn2)cc(C(C)(C)C)c1)c1ccccc1Nc1cccc(C(C)(C)C)c1.[Pt]. The van der Waals surface area contributed by atoms with Gasteiger partial charge in [-0.3, -0.25) is 7.05 Å². The van der Waals surface area contributed by atoms with Crippen LogP contribution in [-0.2, 0) is 42.7 Å². The maximum Gasteiger partial charge on any atom is 0.135 e. The number of anilines is 4. The number of nitrogens with one attached hydrogen (secondary N) is 1. The molecule has 0 unspecified atom stereocenters. The molecule has 5 nitrogen and oxygen atoms in total. The van der Waals surface area contributed by atoms with E-state index < -0.39 is 0 Å². The van der Waals surface area contributed by atoms with Gasteiger partial charge in [0.1, 0.15) is 5.82 Å². The van der Waals surface area contributed by atoms with Gasteiger partial charge in [-0.15, -0.1) is 47.0 Å². The van der Waals surface area contributed by atoms with E-state index in [-0.39, 0.29) is 42.7 Å². The first-order chi connectivity index (χ1) is 26.7. The number of para-hydroxylation sites is 2. The molecule has 0 radical (unpaired) electrons. The molecule has 0 amide bonds. The summed E-state index contributed by atoms with van der Waals surface area (Å²) in [6, 6.07) is 43.6. The number of pyridine rings is 1. The molecule has 5 aromatic carbocycles. The van der Waals surface area contributed by atoms with Crippen molar-refractivity contribution in [1.82, 2.24) is 9.55 Å².